The fraction of sp³-hybridized carbons (Fsp3) is 0.600. The smallest absolute Gasteiger partial charge is 0.305 e. The predicted octanol–water partition coefficient (Wildman–Crippen LogP) is 1.56. The molecule has 78 valence electrons. The molecule has 0 atom stereocenters. The van der Waals surface area contributed by atoms with E-state index in [-0.39, 0.29) is 6.42 Å². The van der Waals surface area contributed by atoms with E-state index in [4.69, 9.17) is 5.11 Å². The van der Waals surface area contributed by atoms with Crippen molar-refractivity contribution in [3.8, 4) is 0 Å². The summed E-state index contributed by atoms with van der Waals surface area (Å²) in [7, 11) is 0. The van der Waals surface area contributed by atoms with E-state index in [1.165, 1.54) is 0 Å². The van der Waals surface area contributed by atoms with Crippen LogP contribution in [-0.2, 0) is 17.8 Å². The van der Waals surface area contributed by atoms with Crippen LogP contribution in [0, 0.1) is 5.92 Å². The van der Waals surface area contributed by atoms with Gasteiger partial charge < -0.3 is 9.67 Å². The summed E-state index contributed by atoms with van der Waals surface area (Å²) in [6, 6.07) is 0. The van der Waals surface area contributed by atoms with Crippen LogP contribution in [0.15, 0.2) is 12.4 Å². The molecule has 1 heterocycles. The molecular formula is C10H16N2O2. The molecule has 0 aliphatic heterocycles. The SMILES string of the molecule is CC(C)Cc1nccn1CCC(=O)O. The van der Waals surface area contributed by atoms with Crippen molar-refractivity contribution in [3.63, 3.8) is 0 Å². The molecule has 0 saturated heterocycles. The highest BCUT2D eigenvalue weighted by molar-refractivity contribution is 5.66. The highest BCUT2D eigenvalue weighted by Crippen LogP contribution is 2.06. The normalized spacial score (nSPS) is 10.8. The van der Waals surface area contributed by atoms with Crippen molar-refractivity contribution >= 4 is 5.97 Å². The minimum Gasteiger partial charge on any atom is -0.481 e. The molecule has 0 aliphatic rings. The Morgan fingerprint density at radius 1 is 1.64 bits per heavy atom. The standard InChI is InChI=1S/C10H16N2O2/c1-8(2)7-9-11-4-6-12(9)5-3-10(13)14/h4,6,8H,3,5,7H2,1-2H3,(H,13,14). The number of aryl methyl sites for hydroxylation is 1. The first kappa shape index (κ1) is 10.8. The van der Waals surface area contributed by atoms with Crippen LogP contribution in [0.4, 0.5) is 0 Å². The monoisotopic (exact) mass is 196 g/mol. The van der Waals surface area contributed by atoms with E-state index in [2.05, 4.69) is 18.8 Å². The molecule has 0 unspecified atom stereocenters. The van der Waals surface area contributed by atoms with Gasteiger partial charge >= 0.3 is 5.97 Å². The van der Waals surface area contributed by atoms with Crippen molar-refractivity contribution in [1.29, 1.82) is 0 Å². The maximum Gasteiger partial charge on any atom is 0.305 e. The summed E-state index contributed by atoms with van der Waals surface area (Å²) in [5.74, 6) is 0.747. The lowest BCUT2D eigenvalue weighted by Crippen LogP contribution is -2.09. The van der Waals surface area contributed by atoms with Gasteiger partial charge in [0, 0.05) is 25.4 Å². The van der Waals surface area contributed by atoms with E-state index in [9.17, 15) is 4.79 Å². The van der Waals surface area contributed by atoms with Crippen molar-refractivity contribution in [1.82, 2.24) is 9.55 Å². The van der Waals surface area contributed by atoms with Crippen LogP contribution in [0.2, 0.25) is 0 Å². The summed E-state index contributed by atoms with van der Waals surface area (Å²) in [4.78, 5) is 14.6. The predicted molar refractivity (Wildman–Crippen MR) is 53.0 cm³/mol. The van der Waals surface area contributed by atoms with E-state index >= 15 is 0 Å². The van der Waals surface area contributed by atoms with E-state index in [1.54, 1.807) is 6.20 Å². The Labute approximate surface area is 83.6 Å². The van der Waals surface area contributed by atoms with E-state index in [0.29, 0.717) is 12.5 Å². The second-order valence-electron chi connectivity index (χ2n) is 3.78. The molecule has 1 aromatic rings. The summed E-state index contributed by atoms with van der Waals surface area (Å²) >= 11 is 0. The van der Waals surface area contributed by atoms with Crippen molar-refractivity contribution in [2.24, 2.45) is 5.92 Å². The number of imidazole rings is 1. The van der Waals surface area contributed by atoms with Gasteiger partial charge in [-0.25, -0.2) is 4.98 Å². The lowest BCUT2D eigenvalue weighted by Gasteiger charge is -2.07. The minimum absolute atomic E-state index is 0.154. The highest BCUT2D eigenvalue weighted by atomic mass is 16.4. The molecule has 0 fully saturated rings. The van der Waals surface area contributed by atoms with Crippen LogP contribution in [0.25, 0.3) is 0 Å². The van der Waals surface area contributed by atoms with E-state index in [0.717, 1.165) is 12.2 Å². The molecule has 1 N–H and O–H groups in total. The van der Waals surface area contributed by atoms with E-state index in [1.807, 2.05) is 10.8 Å². The average molecular weight is 196 g/mol. The maximum absolute atomic E-state index is 10.4. The second kappa shape index (κ2) is 4.79. The zero-order valence-corrected chi connectivity index (χ0v) is 8.60. The Hall–Kier alpha value is -1.32. The number of nitrogens with zero attached hydrogens (tertiary/aromatic N) is 2. The summed E-state index contributed by atoms with van der Waals surface area (Å²) in [6.07, 6.45) is 4.61. The van der Waals surface area contributed by atoms with Crippen LogP contribution in [0.1, 0.15) is 26.1 Å². The van der Waals surface area contributed by atoms with Crippen LogP contribution in [0.3, 0.4) is 0 Å². The Kier molecular flexibility index (Phi) is 3.68. The molecule has 14 heavy (non-hydrogen) atoms. The number of hydrogen-bond donors (Lipinski definition) is 1. The van der Waals surface area contributed by atoms with Crippen molar-refractivity contribution in [2.45, 2.75) is 33.2 Å². The number of hydrogen-bond acceptors (Lipinski definition) is 2. The number of carboxylic acid groups (broad SMARTS) is 1. The first-order valence-corrected chi connectivity index (χ1v) is 4.81. The zero-order chi connectivity index (χ0) is 10.6. The molecule has 1 rings (SSSR count). The summed E-state index contributed by atoms with van der Waals surface area (Å²) in [6.45, 7) is 4.75. The lowest BCUT2D eigenvalue weighted by atomic mass is 10.1. The largest absolute Gasteiger partial charge is 0.481 e. The molecule has 4 heteroatoms. The molecule has 0 spiro atoms. The summed E-state index contributed by atoms with van der Waals surface area (Å²) in [5.41, 5.74) is 0. The number of rotatable bonds is 5. The quantitative estimate of drug-likeness (QED) is 0.777. The van der Waals surface area contributed by atoms with Gasteiger partial charge in [0.2, 0.25) is 0 Å². The van der Waals surface area contributed by atoms with Crippen LogP contribution < -0.4 is 0 Å². The third-order valence-corrected chi connectivity index (χ3v) is 1.96. The van der Waals surface area contributed by atoms with Crippen LogP contribution in [0.5, 0.6) is 0 Å². The van der Waals surface area contributed by atoms with E-state index < -0.39 is 5.97 Å². The number of carbonyl (C=O) groups is 1. The maximum atomic E-state index is 10.4. The third-order valence-electron chi connectivity index (χ3n) is 1.96. The van der Waals surface area contributed by atoms with Crippen molar-refractivity contribution < 1.29 is 9.90 Å². The van der Waals surface area contributed by atoms with Gasteiger partial charge in [-0.05, 0) is 5.92 Å². The Balaban J connectivity index is 2.58. The first-order chi connectivity index (χ1) is 6.59. The fourth-order valence-corrected chi connectivity index (χ4v) is 1.31. The minimum atomic E-state index is -0.769. The average Bonchev–Trinajstić information content (AvgIpc) is 2.47. The third kappa shape index (κ3) is 3.20. The molecule has 0 radical (unpaired) electrons. The first-order valence-electron chi connectivity index (χ1n) is 4.81. The molecule has 0 amide bonds. The topological polar surface area (TPSA) is 55.1 Å². The van der Waals surface area contributed by atoms with Gasteiger partial charge in [-0.3, -0.25) is 4.79 Å². The fourth-order valence-electron chi connectivity index (χ4n) is 1.31. The van der Waals surface area contributed by atoms with Gasteiger partial charge in [0.1, 0.15) is 5.82 Å². The number of aliphatic carboxylic acids is 1. The molecule has 0 aromatic carbocycles. The molecular weight excluding hydrogens is 180 g/mol. The molecule has 4 nitrogen and oxygen atoms in total. The second-order valence-corrected chi connectivity index (χ2v) is 3.78. The van der Waals surface area contributed by atoms with Gasteiger partial charge in [-0.15, -0.1) is 0 Å². The zero-order valence-electron chi connectivity index (χ0n) is 8.60. The Bertz CT molecular complexity index is 305. The van der Waals surface area contributed by atoms with Crippen molar-refractivity contribution in [3.05, 3.63) is 18.2 Å². The van der Waals surface area contributed by atoms with Crippen LogP contribution >= 0.6 is 0 Å². The highest BCUT2D eigenvalue weighted by Gasteiger charge is 2.06. The van der Waals surface area contributed by atoms with Gasteiger partial charge in [-0.2, -0.15) is 0 Å². The number of carboxylic acids is 1. The Morgan fingerprint density at radius 3 is 2.93 bits per heavy atom. The van der Waals surface area contributed by atoms with Crippen LogP contribution in [-0.4, -0.2) is 20.6 Å². The molecule has 0 saturated carbocycles. The molecule has 0 aliphatic carbocycles. The summed E-state index contributed by atoms with van der Waals surface area (Å²) in [5, 5.41) is 8.55. The molecule has 0 bridgehead atoms. The van der Waals surface area contributed by atoms with Gasteiger partial charge in [0.05, 0.1) is 6.42 Å². The Morgan fingerprint density at radius 2 is 2.36 bits per heavy atom. The van der Waals surface area contributed by atoms with Gasteiger partial charge in [0.25, 0.3) is 0 Å². The summed E-state index contributed by atoms with van der Waals surface area (Å²) < 4.78 is 1.91. The lowest BCUT2D eigenvalue weighted by molar-refractivity contribution is -0.137. The van der Waals surface area contributed by atoms with Gasteiger partial charge in [-0.1, -0.05) is 13.8 Å². The van der Waals surface area contributed by atoms with Gasteiger partial charge in [0.15, 0.2) is 0 Å². The van der Waals surface area contributed by atoms with Crippen molar-refractivity contribution in [2.75, 3.05) is 0 Å². The number of aromatic nitrogens is 2. The molecule has 1 aromatic heterocycles.